The quantitative estimate of drug-likeness (QED) is 0.399. The number of ether oxygens (including phenoxy) is 1. The topological polar surface area (TPSA) is 91.6 Å². The first-order chi connectivity index (χ1) is 16.1. The average molecular weight is 464 g/mol. The number of fused-ring (bicyclic) bond motifs is 1. The third kappa shape index (κ3) is 3.67. The molecule has 2 fully saturated rings. The van der Waals surface area contributed by atoms with Crippen molar-refractivity contribution in [3.63, 3.8) is 0 Å². The molecule has 7 nitrogen and oxygen atoms in total. The smallest absolute Gasteiger partial charge is 0.237 e. The van der Waals surface area contributed by atoms with Gasteiger partial charge in [-0.3, -0.25) is 4.79 Å². The van der Waals surface area contributed by atoms with Crippen molar-refractivity contribution < 1.29 is 19.2 Å². The van der Waals surface area contributed by atoms with Crippen molar-refractivity contribution in [1.29, 1.82) is 0 Å². The molecule has 0 amide bonds. The number of H-pyrrole nitrogens is 1. The van der Waals surface area contributed by atoms with Gasteiger partial charge in [0.25, 0.3) is 0 Å². The molecular weight excluding hydrogens is 442 g/mol. The number of hydrogen-bond acceptors (Lipinski definition) is 6. The molecule has 0 unspecified atom stereocenters. The van der Waals surface area contributed by atoms with Gasteiger partial charge in [0.15, 0.2) is 0 Å². The van der Waals surface area contributed by atoms with Crippen molar-refractivity contribution in [2.24, 2.45) is 0 Å². The van der Waals surface area contributed by atoms with E-state index >= 15 is 0 Å². The largest absolute Gasteiger partial charge is 0.494 e. The Bertz CT molecular complexity index is 1350. The highest BCUT2D eigenvalue weighted by molar-refractivity contribution is 6.34. The molecule has 1 saturated carbocycles. The van der Waals surface area contributed by atoms with E-state index in [1.165, 1.54) is 0 Å². The summed E-state index contributed by atoms with van der Waals surface area (Å²) in [6.45, 7) is 3.19. The molecule has 0 spiro atoms. The predicted molar refractivity (Wildman–Crippen MR) is 125 cm³/mol. The van der Waals surface area contributed by atoms with Crippen LogP contribution in [0, 0.1) is 0 Å². The van der Waals surface area contributed by atoms with E-state index in [2.05, 4.69) is 27.2 Å². The van der Waals surface area contributed by atoms with Gasteiger partial charge in [-0.2, -0.15) is 0 Å². The second-order valence-corrected chi connectivity index (χ2v) is 9.00. The van der Waals surface area contributed by atoms with Crippen molar-refractivity contribution in [3.05, 3.63) is 64.5 Å². The number of aromatic hydroxyl groups is 1. The Morgan fingerprint density at radius 1 is 1.12 bits per heavy atom. The van der Waals surface area contributed by atoms with E-state index in [4.69, 9.17) is 20.9 Å². The predicted octanol–water partition coefficient (Wildman–Crippen LogP) is 5.13. The number of anilines is 1. The molecule has 2 N–H and O–H groups in total. The Morgan fingerprint density at radius 2 is 1.88 bits per heavy atom. The first kappa shape index (κ1) is 20.3. The third-order valence-corrected chi connectivity index (χ3v) is 6.71. The zero-order valence-corrected chi connectivity index (χ0v) is 18.6. The highest BCUT2D eigenvalue weighted by atomic mass is 35.5. The number of benzene rings is 2. The van der Waals surface area contributed by atoms with Gasteiger partial charge in [-0.1, -0.05) is 28.9 Å². The summed E-state index contributed by atoms with van der Waals surface area (Å²) in [7, 11) is 0. The Labute approximate surface area is 194 Å². The second-order valence-electron chi connectivity index (χ2n) is 8.59. The fourth-order valence-electron chi connectivity index (χ4n) is 4.42. The SMILES string of the molecule is O=C(c1cc(C2CC2)no1)c1c(O)[nH]c2cc(Cl)c(-c3ccc(N4CCOCC4)cc3)cc12. The molecule has 0 atom stereocenters. The summed E-state index contributed by atoms with van der Waals surface area (Å²) in [6, 6.07) is 13.4. The Morgan fingerprint density at radius 3 is 2.61 bits per heavy atom. The number of aromatic amines is 1. The molecule has 4 aromatic rings. The van der Waals surface area contributed by atoms with Gasteiger partial charge in [0.1, 0.15) is 0 Å². The lowest BCUT2D eigenvalue weighted by molar-refractivity contribution is 0.0999. The van der Waals surface area contributed by atoms with Gasteiger partial charge in [0.2, 0.25) is 17.4 Å². The minimum Gasteiger partial charge on any atom is -0.494 e. The maximum atomic E-state index is 13.2. The second kappa shape index (κ2) is 7.93. The van der Waals surface area contributed by atoms with Crippen molar-refractivity contribution in [2.45, 2.75) is 18.8 Å². The maximum absolute atomic E-state index is 13.2. The van der Waals surface area contributed by atoms with Gasteiger partial charge in [-0.25, -0.2) is 0 Å². The maximum Gasteiger partial charge on any atom is 0.237 e. The lowest BCUT2D eigenvalue weighted by Gasteiger charge is -2.29. The molecule has 2 aromatic carbocycles. The van der Waals surface area contributed by atoms with E-state index in [0.717, 1.165) is 61.7 Å². The summed E-state index contributed by atoms with van der Waals surface area (Å²) >= 11 is 6.59. The molecule has 1 aliphatic carbocycles. The Kier molecular flexibility index (Phi) is 4.89. The van der Waals surface area contributed by atoms with E-state index in [-0.39, 0.29) is 17.2 Å². The zero-order chi connectivity index (χ0) is 22.5. The summed E-state index contributed by atoms with van der Waals surface area (Å²) < 4.78 is 10.7. The molecular formula is C25H22ClN3O4. The summed E-state index contributed by atoms with van der Waals surface area (Å²) in [5.74, 6) is -0.124. The van der Waals surface area contributed by atoms with Crippen molar-refractivity contribution >= 4 is 34.0 Å². The van der Waals surface area contributed by atoms with Crippen LogP contribution < -0.4 is 4.90 Å². The number of nitrogens with zero attached hydrogens (tertiary/aromatic N) is 2. The van der Waals surface area contributed by atoms with E-state index in [1.54, 1.807) is 12.1 Å². The summed E-state index contributed by atoms with van der Waals surface area (Å²) in [5.41, 5.74) is 4.37. The van der Waals surface area contributed by atoms with Crippen LogP contribution >= 0.6 is 11.6 Å². The third-order valence-electron chi connectivity index (χ3n) is 6.40. The van der Waals surface area contributed by atoms with Crippen LogP contribution in [-0.2, 0) is 4.74 Å². The zero-order valence-electron chi connectivity index (χ0n) is 17.8. The van der Waals surface area contributed by atoms with Crippen LogP contribution in [0.4, 0.5) is 5.69 Å². The van der Waals surface area contributed by atoms with Crippen molar-refractivity contribution in [3.8, 4) is 17.0 Å². The number of halogens is 1. The van der Waals surface area contributed by atoms with Crippen molar-refractivity contribution in [1.82, 2.24) is 10.1 Å². The molecule has 2 aromatic heterocycles. The molecule has 0 radical (unpaired) electrons. The number of morpholine rings is 1. The van der Waals surface area contributed by atoms with Crippen LogP contribution in [0.1, 0.15) is 40.6 Å². The van der Waals surface area contributed by atoms with Gasteiger partial charge in [0, 0.05) is 41.7 Å². The molecule has 168 valence electrons. The molecule has 0 bridgehead atoms. The summed E-state index contributed by atoms with van der Waals surface area (Å²) in [6.07, 6.45) is 2.12. The standard InChI is InChI=1S/C25H22ClN3O4/c26-19-12-21-18(11-17(19)14-3-5-16(6-4-14)29-7-9-32-10-8-29)23(25(31)27-21)24(30)22-13-20(28-33-22)15-1-2-15/h3-6,11-13,15,27,31H,1-2,7-10H2. The number of carbonyl (C=O) groups excluding carboxylic acids is 1. The summed E-state index contributed by atoms with van der Waals surface area (Å²) in [4.78, 5) is 18.3. The highest BCUT2D eigenvalue weighted by Gasteiger charge is 2.30. The molecule has 1 saturated heterocycles. The fourth-order valence-corrected chi connectivity index (χ4v) is 4.69. The number of ketones is 1. The van der Waals surface area contributed by atoms with Gasteiger partial charge >= 0.3 is 0 Å². The lowest BCUT2D eigenvalue weighted by Crippen LogP contribution is -2.36. The normalized spacial score (nSPS) is 16.5. The molecule has 2 aliphatic rings. The van der Waals surface area contributed by atoms with Crippen LogP contribution in [0.2, 0.25) is 5.02 Å². The molecule has 1 aliphatic heterocycles. The number of rotatable bonds is 5. The van der Waals surface area contributed by atoms with E-state index in [1.807, 2.05) is 18.2 Å². The van der Waals surface area contributed by atoms with E-state index < -0.39 is 5.78 Å². The fraction of sp³-hybridized carbons (Fsp3) is 0.280. The van der Waals surface area contributed by atoms with Gasteiger partial charge < -0.3 is 24.3 Å². The minimum absolute atomic E-state index is 0.125. The lowest BCUT2D eigenvalue weighted by atomic mass is 10.00. The van der Waals surface area contributed by atoms with E-state index in [9.17, 15) is 9.90 Å². The number of hydrogen-bond donors (Lipinski definition) is 2. The van der Waals surface area contributed by atoms with Gasteiger partial charge in [0.05, 0.1) is 35.0 Å². The highest BCUT2D eigenvalue weighted by Crippen LogP contribution is 2.41. The van der Waals surface area contributed by atoms with Gasteiger partial charge in [-0.15, -0.1) is 0 Å². The van der Waals surface area contributed by atoms with Crippen LogP contribution in [0.25, 0.3) is 22.0 Å². The number of aromatic nitrogens is 2. The first-order valence-electron chi connectivity index (χ1n) is 11.1. The minimum atomic E-state index is -0.408. The van der Waals surface area contributed by atoms with Crippen molar-refractivity contribution in [2.75, 3.05) is 31.2 Å². The first-order valence-corrected chi connectivity index (χ1v) is 11.4. The number of carbonyl (C=O) groups is 1. The molecule has 3 heterocycles. The van der Waals surface area contributed by atoms with Crippen LogP contribution in [0.3, 0.4) is 0 Å². The van der Waals surface area contributed by atoms with Crippen LogP contribution in [0.15, 0.2) is 47.0 Å². The Hall–Kier alpha value is -3.29. The van der Waals surface area contributed by atoms with Gasteiger partial charge in [-0.05, 0) is 42.7 Å². The Balaban J connectivity index is 1.37. The molecule has 6 rings (SSSR count). The molecule has 33 heavy (non-hydrogen) atoms. The monoisotopic (exact) mass is 463 g/mol. The van der Waals surface area contributed by atoms with Crippen LogP contribution in [0.5, 0.6) is 5.88 Å². The summed E-state index contributed by atoms with van der Waals surface area (Å²) in [5, 5.41) is 15.7. The molecule has 8 heteroatoms. The van der Waals surface area contributed by atoms with Crippen LogP contribution in [-0.4, -0.2) is 47.3 Å². The average Bonchev–Trinajstić information content (AvgIpc) is 3.48. The van der Waals surface area contributed by atoms with E-state index in [0.29, 0.717) is 21.8 Å². The number of nitrogens with one attached hydrogen (secondary N) is 1.